The Bertz CT molecular complexity index is 617. The van der Waals surface area contributed by atoms with E-state index >= 15 is 0 Å². The number of nitriles is 1. The quantitative estimate of drug-likeness (QED) is 0.636. The Balaban J connectivity index is 2.03. The van der Waals surface area contributed by atoms with E-state index in [-0.39, 0.29) is 11.3 Å². The van der Waals surface area contributed by atoms with Crippen LogP contribution in [0.5, 0.6) is 0 Å². The van der Waals surface area contributed by atoms with Gasteiger partial charge in [0.1, 0.15) is 11.6 Å². The molecule has 0 spiro atoms. The first kappa shape index (κ1) is 12.5. The standard InChI is InChI=1S/C11H10N6O2/c12-8-9-1-2-10(7-11(9)17(18)19)13-3-5-16-6-4-14-15-16/h1-2,4,6-7,13H,3,5H2. The molecule has 0 aliphatic heterocycles. The molecule has 0 aliphatic carbocycles. The van der Waals surface area contributed by atoms with Crippen molar-refractivity contribution >= 4 is 11.4 Å². The first-order valence-corrected chi connectivity index (χ1v) is 5.47. The summed E-state index contributed by atoms with van der Waals surface area (Å²) in [7, 11) is 0. The summed E-state index contributed by atoms with van der Waals surface area (Å²) >= 11 is 0. The van der Waals surface area contributed by atoms with Gasteiger partial charge in [0.15, 0.2) is 0 Å². The molecule has 1 aromatic heterocycles. The highest BCUT2D eigenvalue weighted by Crippen LogP contribution is 2.22. The Morgan fingerprint density at radius 2 is 2.37 bits per heavy atom. The minimum Gasteiger partial charge on any atom is -0.383 e. The van der Waals surface area contributed by atoms with Crippen LogP contribution in [0.4, 0.5) is 11.4 Å². The van der Waals surface area contributed by atoms with Crippen molar-refractivity contribution in [3.8, 4) is 6.07 Å². The molecule has 0 radical (unpaired) electrons. The van der Waals surface area contributed by atoms with Crippen molar-refractivity contribution in [2.24, 2.45) is 0 Å². The van der Waals surface area contributed by atoms with Crippen LogP contribution in [0.1, 0.15) is 5.56 Å². The van der Waals surface area contributed by atoms with Crippen LogP contribution in [0.15, 0.2) is 30.6 Å². The maximum atomic E-state index is 10.8. The minimum absolute atomic E-state index is 0.0480. The second-order valence-electron chi connectivity index (χ2n) is 3.69. The summed E-state index contributed by atoms with van der Waals surface area (Å²) < 4.78 is 1.64. The minimum atomic E-state index is -0.568. The van der Waals surface area contributed by atoms with Gasteiger partial charge in [-0.05, 0) is 12.1 Å². The molecule has 0 unspecified atom stereocenters. The van der Waals surface area contributed by atoms with Crippen LogP contribution in [0, 0.1) is 21.4 Å². The van der Waals surface area contributed by atoms with Gasteiger partial charge in [0.2, 0.25) is 0 Å². The van der Waals surface area contributed by atoms with Crippen molar-refractivity contribution in [3.05, 3.63) is 46.3 Å². The molecule has 0 aliphatic rings. The van der Waals surface area contributed by atoms with Gasteiger partial charge >= 0.3 is 0 Å². The number of nitro benzene ring substituents is 1. The third-order valence-corrected chi connectivity index (χ3v) is 2.46. The van der Waals surface area contributed by atoms with E-state index in [0.29, 0.717) is 18.8 Å². The van der Waals surface area contributed by atoms with Crippen LogP contribution in [0.2, 0.25) is 0 Å². The first-order chi connectivity index (χ1) is 9.20. The third-order valence-electron chi connectivity index (χ3n) is 2.46. The van der Waals surface area contributed by atoms with Gasteiger partial charge in [-0.25, -0.2) is 0 Å². The molecule has 0 saturated carbocycles. The average molecular weight is 258 g/mol. The molecule has 0 bridgehead atoms. The van der Waals surface area contributed by atoms with Crippen molar-refractivity contribution in [1.29, 1.82) is 5.26 Å². The number of rotatable bonds is 5. The van der Waals surface area contributed by atoms with Gasteiger partial charge in [0.05, 0.1) is 17.7 Å². The summed E-state index contributed by atoms with van der Waals surface area (Å²) in [6, 6.07) is 6.20. The SMILES string of the molecule is N#Cc1ccc(NCCn2ccnn2)cc1[N+](=O)[O-]. The Kier molecular flexibility index (Phi) is 3.68. The third kappa shape index (κ3) is 3.04. The molecule has 1 heterocycles. The molecular formula is C11H10N6O2. The smallest absolute Gasteiger partial charge is 0.289 e. The van der Waals surface area contributed by atoms with Crippen molar-refractivity contribution in [2.75, 3.05) is 11.9 Å². The van der Waals surface area contributed by atoms with E-state index in [2.05, 4.69) is 15.6 Å². The molecule has 0 atom stereocenters. The summed E-state index contributed by atoms with van der Waals surface area (Å²) in [5, 5.41) is 30.1. The lowest BCUT2D eigenvalue weighted by Gasteiger charge is -2.06. The monoisotopic (exact) mass is 258 g/mol. The van der Waals surface area contributed by atoms with Crippen molar-refractivity contribution in [2.45, 2.75) is 6.54 Å². The maximum Gasteiger partial charge on any atom is 0.289 e. The second-order valence-corrected chi connectivity index (χ2v) is 3.69. The number of anilines is 1. The van der Waals surface area contributed by atoms with Gasteiger partial charge in [-0.15, -0.1) is 5.10 Å². The fourth-order valence-electron chi connectivity index (χ4n) is 1.55. The lowest BCUT2D eigenvalue weighted by molar-refractivity contribution is -0.385. The van der Waals surface area contributed by atoms with Gasteiger partial charge in [-0.1, -0.05) is 5.21 Å². The molecule has 2 aromatic rings. The van der Waals surface area contributed by atoms with E-state index < -0.39 is 4.92 Å². The molecule has 19 heavy (non-hydrogen) atoms. The maximum absolute atomic E-state index is 10.8. The number of aromatic nitrogens is 3. The number of benzene rings is 1. The number of nitrogens with zero attached hydrogens (tertiary/aromatic N) is 5. The normalized spacial score (nSPS) is 9.84. The van der Waals surface area contributed by atoms with Crippen LogP contribution < -0.4 is 5.32 Å². The largest absolute Gasteiger partial charge is 0.383 e. The van der Waals surface area contributed by atoms with Crippen LogP contribution in [0.25, 0.3) is 0 Å². The zero-order valence-corrected chi connectivity index (χ0v) is 9.85. The van der Waals surface area contributed by atoms with Gasteiger partial charge < -0.3 is 5.32 Å². The lowest BCUT2D eigenvalue weighted by atomic mass is 10.2. The van der Waals surface area contributed by atoms with Gasteiger partial charge in [0, 0.05) is 24.5 Å². The van der Waals surface area contributed by atoms with Crippen LogP contribution >= 0.6 is 0 Å². The highest BCUT2D eigenvalue weighted by atomic mass is 16.6. The van der Waals surface area contributed by atoms with Gasteiger partial charge in [-0.2, -0.15) is 5.26 Å². The van der Waals surface area contributed by atoms with Crippen molar-refractivity contribution in [3.63, 3.8) is 0 Å². The Morgan fingerprint density at radius 1 is 1.53 bits per heavy atom. The van der Waals surface area contributed by atoms with E-state index in [0.717, 1.165) is 0 Å². The molecule has 8 heteroatoms. The Morgan fingerprint density at radius 3 is 3.00 bits per heavy atom. The average Bonchev–Trinajstić information content (AvgIpc) is 2.91. The zero-order chi connectivity index (χ0) is 13.7. The molecule has 8 nitrogen and oxygen atoms in total. The number of nitro groups is 1. The van der Waals surface area contributed by atoms with Crippen molar-refractivity contribution < 1.29 is 4.92 Å². The summed E-state index contributed by atoms with van der Waals surface area (Å²) in [4.78, 5) is 10.2. The molecular weight excluding hydrogens is 248 g/mol. The molecule has 2 rings (SSSR count). The zero-order valence-electron chi connectivity index (χ0n) is 9.85. The summed E-state index contributed by atoms with van der Waals surface area (Å²) in [5.74, 6) is 0. The summed E-state index contributed by atoms with van der Waals surface area (Å²) in [6.07, 6.45) is 3.30. The molecule has 0 saturated heterocycles. The first-order valence-electron chi connectivity index (χ1n) is 5.47. The van der Waals surface area contributed by atoms with Crippen molar-refractivity contribution in [1.82, 2.24) is 15.0 Å². The van der Waals surface area contributed by atoms with Crippen LogP contribution in [0.3, 0.4) is 0 Å². The van der Waals surface area contributed by atoms with E-state index in [1.165, 1.54) is 12.1 Å². The van der Waals surface area contributed by atoms with Crippen LogP contribution in [-0.2, 0) is 6.54 Å². The molecule has 1 N–H and O–H groups in total. The van der Waals surface area contributed by atoms with E-state index in [1.54, 1.807) is 29.2 Å². The number of nitrogens with one attached hydrogen (secondary N) is 1. The fraction of sp³-hybridized carbons (Fsp3) is 0.182. The van der Waals surface area contributed by atoms with E-state index in [1.807, 2.05) is 0 Å². The molecule has 96 valence electrons. The van der Waals surface area contributed by atoms with E-state index in [9.17, 15) is 10.1 Å². The number of hydrogen-bond donors (Lipinski definition) is 1. The summed E-state index contributed by atoms with van der Waals surface area (Å²) in [5.41, 5.74) is 0.436. The Labute approximate surface area is 108 Å². The molecule has 0 amide bonds. The lowest BCUT2D eigenvalue weighted by Crippen LogP contribution is -2.11. The topological polar surface area (TPSA) is 110 Å². The van der Waals surface area contributed by atoms with Crippen LogP contribution in [-0.4, -0.2) is 26.5 Å². The van der Waals surface area contributed by atoms with Gasteiger partial charge in [-0.3, -0.25) is 14.8 Å². The highest BCUT2D eigenvalue weighted by Gasteiger charge is 2.13. The fourth-order valence-corrected chi connectivity index (χ4v) is 1.55. The van der Waals surface area contributed by atoms with Gasteiger partial charge in [0.25, 0.3) is 5.69 Å². The highest BCUT2D eigenvalue weighted by molar-refractivity contribution is 5.59. The predicted octanol–water partition coefficient (Wildman–Crippen LogP) is 1.17. The molecule has 1 aromatic carbocycles. The number of hydrogen-bond acceptors (Lipinski definition) is 6. The Hall–Kier alpha value is -2.95. The second kappa shape index (κ2) is 5.59. The van der Waals surface area contributed by atoms with E-state index in [4.69, 9.17) is 5.26 Å². The molecule has 0 fully saturated rings. The predicted molar refractivity (Wildman–Crippen MR) is 66.3 cm³/mol. The summed E-state index contributed by atoms with van der Waals surface area (Å²) in [6.45, 7) is 1.14.